The van der Waals surface area contributed by atoms with E-state index in [0.717, 1.165) is 11.4 Å². The van der Waals surface area contributed by atoms with Gasteiger partial charge < -0.3 is 0 Å². The Hall–Kier alpha value is -1.97. The third kappa shape index (κ3) is 5.29. The van der Waals surface area contributed by atoms with Gasteiger partial charge in [-0.2, -0.15) is 5.26 Å². The number of hydrogen-bond donors (Lipinski definition) is 1. The van der Waals surface area contributed by atoms with E-state index in [4.69, 9.17) is 5.26 Å². The molecule has 1 heterocycles. The average molecular weight is 357 g/mol. The lowest BCUT2D eigenvalue weighted by Gasteiger charge is -2.18. The van der Waals surface area contributed by atoms with Crippen LogP contribution in [0.3, 0.4) is 0 Å². The van der Waals surface area contributed by atoms with Crippen LogP contribution in [0.2, 0.25) is 0 Å². The molecule has 0 aliphatic carbocycles. The first kappa shape index (κ1) is 18.4. The lowest BCUT2D eigenvalue weighted by Crippen LogP contribution is -2.14. The van der Waals surface area contributed by atoms with Gasteiger partial charge in [0.05, 0.1) is 17.5 Å². The van der Waals surface area contributed by atoms with E-state index in [2.05, 4.69) is 52.5 Å². The maximum absolute atomic E-state index is 8.67. The summed E-state index contributed by atoms with van der Waals surface area (Å²) >= 11 is 3.27. The van der Waals surface area contributed by atoms with Crippen molar-refractivity contribution in [3.05, 3.63) is 65.5 Å². The van der Waals surface area contributed by atoms with Gasteiger partial charge in [0.25, 0.3) is 0 Å². The minimum Gasteiger partial charge on any atom is -0.272 e. The molecule has 4 nitrogen and oxygen atoms in total. The van der Waals surface area contributed by atoms with Crippen molar-refractivity contribution in [3.63, 3.8) is 0 Å². The minimum atomic E-state index is 0.184. The SMILES string of the molecule is CSC(=NCCSC(c1ccccn1)c1ccccc1C)NC#N. The zero-order valence-electron chi connectivity index (χ0n) is 13.8. The van der Waals surface area contributed by atoms with Crippen LogP contribution in [0, 0.1) is 18.4 Å². The molecule has 0 bridgehead atoms. The molecule has 0 aliphatic heterocycles. The molecule has 24 heavy (non-hydrogen) atoms. The van der Waals surface area contributed by atoms with E-state index in [-0.39, 0.29) is 5.25 Å². The highest BCUT2D eigenvalue weighted by Crippen LogP contribution is 2.35. The normalized spacial score (nSPS) is 12.5. The van der Waals surface area contributed by atoms with Gasteiger partial charge in [0.1, 0.15) is 0 Å². The third-order valence-corrected chi connectivity index (χ3v) is 5.28. The third-order valence-electron chi connectivity index (χ3n) is 3.41. The van der Waals surface area contributed by atoms with Crippen molar-refractivity contribution in [1.82, 2.24) is 10.3 Å². The molecule has 1 N–H and O–H groups in total. The molecule has 2 aromatic rings. The summed E-state index contributed by atoms with van der Waals surface area (Å²) in [5, 5.41) is 12.1. The van der Waals surface area contributed by atoms with Crippen molar-refractivity contribution in [1.29, 1.82) is 5.26 Å². The average Bonchev–Trinajstić information content (AvgIpc) is 2.62. The summed E-state index contributed by atoms with van der Waals surface area (Å²) in [6.45, 7) is 2.79. The van der Waals surface area contributed by atoms with E-state index in [1.165, 1.54) is 22.9 Å². The zero-order valence-corrected chi connectivity index (χ0v) is 15.4. The highest BCUT2D eigenvalue weighted by atomic mass is 32.2. The molecular formula is C18H20N4S2. The van der Waals surface area contributed by atoms with Gasteiger partial charge in [-0.25, -0.2) is 0 Å². The number of pyridine rings is 1. The molecule has 124 valence electrons. The molecule has 0 amide bonds. The number of thioether (sulfide) groups is 2. The molecule has 6 heteroatoms. The summed E-state index contributed by atoms with van der Waals surface area (Å²) in [5.74, 6) is 0.854. The van der Waals surface area contributed by atoms with Gasteiger partial charge >= 0.3 is 0 Å². The van der Waals surface area contributed by atoms with Gasteiger partial charge in [0.2, 0.25) is 0 Å². The molecule has 0 saturated heterocycles. The van der Waals surface area contributed by atoms with Crippen LogP contribution in [0.25, 0.3) is 0 Å². The number of benzene rings is 1. The fraction of sp³-hybridized carbons (Fsp3) is 0.278. The van der Waals surface area contributed by atoms with Crippen LogP contribution in [-0.4, -0.2) is 28.7 Å². The number of nitrogens with zero attached hydrogens (tertiary/aromatic N) is 3. The summed E-state index contributed by atoms with van der Waals surface area (Å²) in [6, 6.07) is 14.4. The number of nitrogens with one attached hydrogen (secondary N) is 1. The van der Waals surface area contributed by atoms with E-state index in [9.17, 15) is 0 Å². The molecule has 0 saturated carbocycles. The van der Waals surface area contributed by atoms with E-state index in [0.29, 0.717) is 11.7 Å². The second-order valence-electron chi connectivity index (χ2n) is 4.99. The van der Waals surface area contributed by atoms with Crippen LogP contribution in [0.5, 0.6) is 0 Å². The molecule has 1 unspecified atom stereocenters. The van der Waals surface area contributed by atoms with Crippen molar-refractivity contribution in [2.24, 2.45) is 4.99 Å². The largest absolute Gasteiger partial charge is 0.272 e. The lowest BCUT2D eigenvalue weighted by atomic mass is 10.0. The van der Waals surface area contributed by atoms with Gasteiger partial charge in [-0.1, -0.05) is 42.1 Å². The Labute approximate surface area is 151 Å². The molecule has 0 spiro atoms. The number of amidine groups is 1. The van der Waals surface area contributed by atoms with E-state index in [1.807, 2.05) is 42.5 Å². The highest BCUT2D eigenvalue weighted by molar-refractivity contribution is 8.13. The zero-order chi connectivity index (χ0) is 17.2. The fourth-order valence-electron chi connectivity index (χ4n) is 2.27. The standard InChI is InChI=1S/C18H20N4S2/c1-14-7-3-4-8-15(14)17(16-9-5-6-10-20-16)24-12-11-21-18(23-2)22-13-19/h3-10,17H,11-12H2,1-2H3,(H,21,22). The van der Waals surface area contributed by atoms with Crippen molar-refractivity contribution in [3.8, 4) is 6.19 Å². The Morgan fingerprint density at radius 3 is 2.75 bits per heavy atom. The number of hydrogen-bond acceptors (Lipinski definition) is 5. The van der Waals surface area contributed by atoms with Crippen molar-refractivity contribution in [2.75, 3.05) is 18.6 Å². The van der Waals surface area contributed by atoms with Gasteiger partial charge in [-0.3, -0.25) is 15.3 Å². The maximum atomic E-state index is 8.67. The molecule has 1 aromatic heterocycles. The van der Waals surface area contributed by atoms with Crippen LogP contribution >= 0.6 is 23.5 Å². The smallest absolute Gasteiger partial charge is 0.183 e. The first-order valence-electron chi connectivity index (χ1n) is 7.58. The second-order valence-corrected chi connectivity index (χ2v) is 7.00. The molecule has 0 aliphatic rings. The summed E-state index contributed by atoms with van der Waals surface area (Å²) in [7, 11) is 0. The minimum absolute atomic E-state index is 0.184. The lowest BCUT2D eigenvalue weighted by molar-refractivity contribution is 1.03. The molecule has 1 aromatic carbocycles. The molecule has 1 atom stereocenters. The molecular weight excluding hydrogens is 336 g/mol. The Balaban J connectivity index is 2.11. The van der Waals surface area contributed by atoms with Crippen LogP contribution in [0.15, 0.2) is 53.7 Å². The highest BCUT2D eigenvalue weighted by Gasteiger charge is 2.17. The Bertz CT molecular complexity index is 710. The molecule has 0 fully saturated rings. The first-order chi connectivity index (χ1) is 11.8. The quantitative estimate of drug-likeness (QED) is 0.279. The Kier molecular flexibility index (Phi) is 7.66. The number of rotatable bonds is 6. The fourth-order valence-corrected chi connectivity index (χ4v) is 3.82. The van der Waals surface area contributed by atoms with Crippen LogP contribution in [-0.2, 0) is 0 Å². The van der Waals surface area contributed by atoms with Crippen molar-refractivity contribution in [2.45, 2.75) is 12.2 Å². The van der Waals surface area contributed by atoms with E-state index >= 15 is 0 Å². The van der Waals surface area contributed by atoms with E-state index in [1.54, 1.807) is 0 Å². The maximum Gasteiger partial charge on any atom is 0.183 e. The Morgan fingerprint density at radius 2 is 2.08 bits per heavy atom. The predicted molar refractivity (Wildman–Crippen MR) is 104 cm³/mol. The van der Waals surface area contributed by atoms with Crippen LogP contribution < -0.4 is 5.32 Å². The van der Waals surface area contributed by atoms with E-state index < -0.39 is 0 Å². The van der Waals surface area contributed by atoms with Gasteiger partial charge in [-0.15, -0.1) is 11.8 Å². The molecule has 0 radical (unpaired) electrons. The topological polar surface area (TPSA) is 61.1 Å². The number of aromatic nitrogens is 1. The monoisotopic (exact) mass is 356 g/mol. The summed E-state index contributed by atoms with van der Waals surface area (Å²) in [6.07, 6.45) is 5.65. The second kappa shape index (κ2) is 10.0. The van der Waals surface area contributed by atoms with Crippen LogP contribution in [0.1, 0.15) is 22.1 Å². The van der Waals surface area contributed by atoms with Crippen molar-refractivity contribution >= 4 is 28.7 Å². The summed E-state index contributed by atoms with van der Waals surface area (Å²) in [4.78, 5) is 8.96. The Morgan fingerprint density at radius 1 is 1.29 bits per heavy atom. The van der Waals surface area contributed by atoms with Crippen molar-refractivity contribution < 1.29 is 0 Å². The number of nitriles is 1. The summed E-state index contributed by atoms with van der Waals surface area (Å²) in [5.41, 5.74) is 3.60. The van der Waals surface area contributed by atoms with Gasteiger partial charge in [0.15, 0.2) is 11.4 Å². The number of aliphatic imine (C=N–C) groups is 1. The van der Waals surface area contributed by atoms with Gasteiger partial charge in [0, 0.05) is 11.9 Å². The van der Waals surface area contributed by atoms with Gasteiger partial charge in [-0.05, 0) is 36.4 Å². The van der Waals surface area contributed by atoms with Crippen LogP contribution in [0.4, 0.5) is 0 Å². The molecule has 2 rings (SSSR count). The predicted octanol–water partition coefficient (Wildman–Crippen LogP) is 4.00. The summed E-state index contributed by atoms with van der Waals surface area (Å²) < 4.78 is 0. The first-order valence-corrected chi connectivity index (χ1v) is 9.85. The number of aryl methyl sites for hydroxylation is 1.